The van der Waals surface area contributed by atoms with Crippen molar-refractivity contribution in [1.29, 1.82) is 0 Å². The van der Waals surface area contributed by atoms with Gasteiger partial charge in [-0.3, -0.25) is 4.68 Å². The number of anilines is 1. The Labute approximate surface area is 109 Å². The van der Waals surface area contributed by atoms with Crippen LogP contribution in [0.5, 0.6) is 0 Å². The summed E-state index contributed by atoms with van der Waals surface area (Å²) in [5.74, 6) is 5.87. The SMILES string of the molecule is Nc1ccn(CCC2C3CC4CC(C3)CC2C4)n1. The van der Waals surface area contributed by atoms with E-state index in [2.05, 4.69) is 5.10 Å². The Balaban J connectivity index is 1.43. The number of rotatable bonds is 3. The molecule has 0 amide bonds. The predicted octanol–water partition coefficient (Wildman–Crippen LogP) is 2.93. The first-order valence-electron chi connectivity index (χ1n) is 7.57. The fourth-order valence-electron chi connectivity index (χ4n) is 5.29. The van der Waals surface area contributed by atoms with Crippen LogP contribution in [0.4, 0.5) is 5.82 Å². The van der Waals surface area contributed by atoms with Crippen molar-refractivity contribution < 1.29 is 0 Å². The number of nitrogens with zero attached hydrogens (tertiary/aromatic N) is 2. The number of nitrogen functional groups attached to an aromatic ring is 1. The van der Waals surface area contributed by atoms with Crippen molar-refractivity contribution in [2.45, 2.75) is 45.1 Å². The van der Waals surface area contributed by atoms with E-state index in [0.717, 1.165) is 36.1 Å². The van der Waals surface area contributed by atoms with Crippen LogP contribution >= 0.6 is 0 Å². The maximum atomic E-state index is 5.67. The van der Waals surface area contributed by atoms with Gasteiger partial charge in [-0.25, -0.2) is 0 Å². The van der Waals surface area contributed by atoms with E-state index in [1.54, 1.807) is 6.42 Å². The first-order chi connectivity index (χ1) is 8.78. The van der Waals surface area contributed by atoms with Gasteiger partial charge in [0.05, 0.1) is 0 Å². The molecule has 0 spiro atoms. The molecular formula is C15H23N3. The highest BCUT2D eigenvalue weighted by atomic mass is 15.3. The van der Waals surface area contributed by atoms with Gasteiger partial charge in [0.15, 0.2) is 0 Å². The largest absolute Gasteiger partial charge is 0.382 e. The van der Waals surface area contributed by atoms with Crippen LogP contribution in [0.2, 0.25) is 0 Å². The van der Waals surface area contributed by atoms with Crippen LogP contribution in [-0.4, -0.2) is 9.78 Å². The second-order valence-corrected chi connectivity index (χ2v) is 6.89. The molecule has 5 rings (SSSR count). The monoisotopic (exact) mass is 245 g/mol. The third kappa shape index (κ3) is 1.75. The maximum Gasteiger partial charge on any atom is 0.145 e. The molecule has 18 heavy (non-hydrogen) atoms. The minimum atomic E-state index is 0.653. The number of nitrogens with two attached hydrogens (primary N) is 1. The summed E-state index contributed by atoms with van der Waals surface area (Å²) in [5, 5.41) is 4.31. The average Bonchev–Trinajstić information content (AvgIpc) is 2.73. The second-order valence-electron chi connectivity index (χ2n) is 6.89. The summed E-state index contributed by atoms with van der Waals surface area (Å²) in [6, 6.07) is 1.90. The molecule has 4 fully saturated rings. The van der Waals surface area contributed by atoms with Crippen molar-refractivity contribution >= 4 is 5.82 Å². The molecule has 1 aromatic heterocycles. The lowest BCUT2D eigenvalue weighted by atomic mass is 9.51. The molecular weight excluding hydrogens is 222 g/mol. The van der Waals surface area contributed by atoms with Crippen LogP contribution in [0.3, 0.4) is 0 Å². The van der Waals surface area contributed by atoms with E-state index in [1.165, 1.54) is 32.1 Å². The van der Waals surface area contributed by atoms with Gasteiger partial charge < -0.3 is 5.73 Å². The highest BCUT2D eigenvalue weighted by Gasteiger charge is 2.47. The molecule has 0 aliphatic heterocycles. The summed E-state index contributed by atoms with van der Waals surface area (Å²) >= 11 is 0. The third-order valence-corrected chi connectivity index (χ3v) is 5.77. The Morgan fingerprint density at radius 1 is 1.11 bits per heavy atom. The molecule has 98 valence electrons. The number of hydrogen-bond donors (Lipinski definition) is 1. The third-order valence-electron chi connectivity index (χ3n) is 5.77. The van der Waals surface area contributed by atoms with Gasteiger partial charge in [-0.1, -0.05) is 0 Å². The van der Waals surface area contributed by atoms with Gasteiger partial charge in [-0.2, -0.15) is 5.10 Å². The molecule has 0 atom stereocenters. The molecule has 3 nitrogen and oxygen atoms in total. The van der Waals surface area contributed by atoms with Gasteiger partial charge in [0.25, 0.3) is 0 Å². The summed E-state index contributed by atoms with van der Waals surface area (Å²) in [6.07, 6.45) is 11.0. The van der Waals surface area contributed by atoms with Gasteiger partial charge in [-0.15, -0.1) is 0 Å². The standard InChI is InChI=1S/C15H23N3/c16-15-2-4-18(17-15)3-1-14-12-6-10-5-11(8-12)9-13(14)7-10/h2,4,10-14H,1,3,5-9H2,(H2,16,17). The molecule has 1 heterocycles. The topological polar surface area (TPSA) is 43.8 Å². The zero-order valence-electron chi connectivity index (χ0n) is 11.0. The van der Waals surface area contributed by atoms with E-state index in [-0.39, 0.29) is 0 Å². The highest BCUT2D eigenvalue weighted by Crippen LogP contribution is 2.57. The second kappa shape index (κ2) is 4.01. The van der Waals surface area contributed by atoms with Gasteiger partial charge in [-0.05, 0) is 74.2 Å². The van der Waals surface area contributed by atoms with Crippen molar-refractivity contribution in [2.75, 3.05) is 5.73 Å². The van der Waals surface area contributed by atoms with Crippen LogP contribution in [-0.2, 0) is 6.54 Å². The predicted molar refractivity (Wildman–Crippen MR) is 71.8 cm³/mol. The summed E-state index contributed by atoms with van der Waals surface area (Å²) in [4.78, 5) is 0. The first-order valence-corrected chi connectivity index (χ1v) is 7.57. The van der Waals surface area contributed by atoms with Crippen molar-refractivity contribution in [1.82, 2.24) is 9.78 Å². The number of aryl methyl sites for hydroxylation is 1. The molecule has 1 aromatic rings. The summed E-state index contributed by atoms with van der Waals surface area (Å²) < 4.78 is 2.03. The van der Waals surface area contributed by atoms with Crippen molar-refractivity contribution in [3.8, 4) is 0 Å². The van der Waals surface area contributed by atoms with E-state index < -0.39 is 0 Å². The fourth-order valence-corrected chi connectivity index (χ4v) is 5.29. The smallest absolute Gasteiger partial charge is 0.145 e. The first kappa shape index (κ1) is 10.9. The Hall–Kier alpha value is -0.990. The number of hydrogen-bond acceptors (Lipinski definition) is 2. The van der Waals surface area contributed by atoms with Crippen LogP contribution in [0, 0.1) is 29.6 Å². The normalized spacial score (nSPS) is 41.4. The molecule has 4 bridgehead atoms. The summed E-state index contributed by atoms with van der Waals surface area (Å²) in [7, 11) is 0. The molecule has 4 aliphatic rings. The zero-order valence-corrected chi connectivity index (χ0v) is 11.0. The molecule has 0 saturated heterocycles. The van der Waals surface area contributed by atoms with E-state index in [0.29, 0.717) is 5.82 Å². The van der Waals surface area contributed by atoms with E-state index in [1.807, 2.05) is 16.9 Å². The number of aromatic nitrogens is 2. The fraction of sp³-hybridized carbons (Fsp3) is 0.800. The summed E-state index contributed by atoms with van der Waals surface area (Å²) in [5.41, 5.74) is 5.67. The van der Waals surface area contributed by atoms with E-state index in [9.17, 15) is 0 Å². The lowest BCUT2D eigenvalue weighted by molar-refractivity contribution is -0.0413. The van der Waals surface area contributed by atoms with Crippen molar-refractivity contribution in [2.24, 2.45) is 29.6 Å². The Morgan fingerprint density at radius 2 is 1.78 bits per heavy atom. The molecule has 4 saturated carbocycles. The molecule has 0 aromatic carbocycles. The minimum absolute atomic E-state index is 0.653. The Morgan fingerprint density at radius 3 is 2.33 bits per heavy atom. The lowest BCUT2D eigenvalue weighted by Gasteiger charge is -2.54. The molecule has 0 unspecified atom stereocenters. The zero-order chi connectivity index (χ0) is 12.1. The summed E-state index contributed by atoms with van der Waals surface area (Å²) in [6.45, 7) is 1.06. The molecule has 2 N–H and O–H groups in total. The lowest BCUT2D eigenvalue weighted by Crippen LogP contribution is -2.45. The van der Waals surface area contributed by atoms with E-state index >= 15 is 0 Å². The minimum Gasteiger partial charge on any atom is -0.382 e. The van der Waals surface area contributed by atoms with Gasteiger partial charge in [0.2, 0.25) is 0 Å². The molecule has 4 aliphatic carbocycles. The van der Waals surface area contributed by atoms with Crippen LogP contribution in [0.15, 0.2) is 12.3 Å². The Bertz CT molecular complexity index is 409. The molecule has 0 radical (unpaired) electrons. The van der Waals surface area contributed by atoms with Crippen LogP contribution < -0.4 is 5.73 Å². The van der Waals surface area contributed by atoms with Crippen LogP contribution in [0.25, 0.3) is 0 Å². The van der Waals surface area contributed by atoms with Gasteiger partial charge >= 0.3 is 0 Å². The molecule has 3 heteroatoms. The maximum absolute atomic E-state index is 5.67. The van der Waals surface area contributed by atoms with Gasteiger partial charge in [0.1, 0.15) is 5.82 Å². The Kier molecular flexibility index (Phi) is 2.42. The average molecular weight is 245 g/mol. The quantitative estimate of drug-likeness (QED) is 0.889. The van der Waals surface area contributed by atoms with Crippen molar-refractivity contribution in [3.63, 3.8) is 0 Å². The van der Waals surface area contributed by atoms with Crippen molar-refractivity contribution in [3.05, 3.63) is 12.3 Å². The van der Waals surface area contributed by atoms with E-state index in [4.69, 9.17) is 5.73 Å². The van der Waals surface area contributed by atoms with Crippen LogP contribution in [0.1, 0.15) is 38.5 Å². The highest BCUT2D eigenvalue weighted by molar-refractivity contribution is 5.23. The van der Waals surface area contributed by atoms with Gasteiger partial charge in [0, 0.05) is 12.7 Å².